The van der Waals surface area contributed by atoms with E-state index in [2.05, 4.69) is 86.0 Å². The van der Waals surface area contributed by atoms with Crippen LogP contribution < -0.4 is 0 Å². The van der Waals surface area contributed by atoms with Gasteiger partial charge in [-0.1, -0.05) is 85.1 Å². The summed E-state index contributed by atoms with van der Waals surface area (Å²) in [6.45, 7) is 29.3. The molecule has 2 saturated carbocycles. The van der Waals surface area contributed by atoms with Crippen molar-refractivity contribution in [1.82, 2.24) is 0 Å². The molecule has 0 radical (unpaired) electrons. The molecule has 8 heteroatoms. The average Bonchev–Trinajstić information content (AvgIpc) is 3.14. The van der Waals surface area contributed by atoms with Crippen LogP contribution in [0.4, 0.5) is 0 Å². The van der Waals surface area contributed by atoms with Crippen LogP contribution in [0.25, 0.3) is 0 Å². The van der Waals surface area contributed by atoms with E-state index in [-0.39, 0.29) is 52.1 Å². The first-order chi connectivity index (χ1) is 20.0. The number of allylic oxidation sites excluding steroid dienone is 1. The standard InChI is InChI=1S/C36H67ClO5Si2/c1-34(2,3)40-33(38)26-39-24-18-17-21-28-29(32(25-30(28)37)42-44(12,13)36(7,8)9)22-23-31(27-19-15-14-16-20-27)41-43(10,11)35(4,5)6/h17-18,22-23,27-32H,14-16,19-21,24-26H2,1-13H3/b18-17-,23-22+/t28-,29-,30-,31-,32-/m1/s1. The van der Waals surface area contributed by atoms with Crippen LogP contribution >= 0.6 is 11.6 Å². The Balaban J connectivity index is 2.26. The van der Waals surface area contributed by atoms with Gasteiger partial charge in [-0.2, -0.15) is 0 Å². The summed E-state index contributed by atoms with van der Waals surface area (Å²) in [5.74, 6) is 0.700. The second kappa shape index (κ2) is 16.1. The fourth-order valence-corrected chi connectivity index (χ4v) is 8.85. The number of alkyl halides is 1. The zero-order valence-electron chi connectivity index (χ0n) is 30.6. The molecule has 44 heavy (non-hydrogen) atoms. The van der Waals surface area contributed by atoms with E-state index in [1.54, 1.807) is 0 Å². The maximum atomic E-state index is 12.0. The van der Waals surface area contributed by atoms with E-state index < -0.39 is 22.2 Å². The highest BCUT2D eigenvalue weighted by molar-refractivity contribution is 6.74. The molecule has 0 spiro atoms. The fourth-order valence-electron chi connectivity index (χ4n) is 5.74. The molecule has 2 fully saturated rings. The predicted octanol–water partition coefficient (Wildman–Crippen LogP) is 10.5. The number of carbonyl (C=O) groups excluding carboxylic acids is 1. The molecule has 0 saturated heterocycles. The normalized spacial score (nSPS) is 25.7. The maximum absolute atomic E-state index is 12.0. The molecule has 0 aromatic heterocycles. The highest BCUT2D eigenvalue weighted by Crippen LogP contribution is 2.46. The molecule has 0 heterocycles. The van der Waals surface area contributed by atoms with E-state index in [9.17, 15) is 4.79 Å². The molecular weight excluding hydrogens is 604 g/mol. The van der Waals surface area contributed by atoms with Crippen LogP contribution in [0, 0.1) is 17.8 Å². The Morgan fingerprint density at radius 2 is 1.48 bits per heavy atom. The minimum absolute atomic E-state index is 0.0289. The van der Waals surface area contributed by atoms with Gasteiger partial charge in [-0.25, -0.2) is 4.79 Å². The van der Waals surface area contributed by atoms with Crippen molar-refractivity contribution in [3.05, 3.63) is 24.3 Å². The molecule has 0 aromatic rings. The average molecular weight is 672 g/mol. The summed E-state index contributed by atoms with van der Waals surface area (Å²) in [5, 5.41) is 0.318. The fraction of sp³-hybridized carbons (Fsp3) is 0.861. The predicted molar refractivity (Wildman–Crippen MR) is 192 cm³/mol. The molecule has 256 valence electrons. The molecule has 2 aliphatic carbocycles. The zero-order chi connectivity index (χ0) is 33.6. The van der Waals surface area contributed by atoms with Crippen LogP contribution in [0.5, 0.6) is 0 Å². The lowest BCUT2D eigenvalue weighted by Gasteiger charge is -2.42. The van der Waals surface area contributed by atoms with Gasteiger partial charge in [0.2, 0.25) is 0 Å². The lowest BCUT2D eigenvalue weighted by molar-refractivity contribution is -0.159. The third kappa shape index (κ3) is 12.3. The molecule has 2 rings (SSSR count). The Morgan fingerprint density at radius 3 is 2.02 bits per heavy atom. The van der Waals surface area contributed by atoms with E-state index in [0.29, 0.717) is 12.5 Å². The first-order valence-electron chi connectivity index (χ1n) is 17.2. The summed E-state index contributed by atoms with van der Waals surface area (Å²) in [7, 11) is -3.95. The SMILES string of the molecule is CC(C)(C)OC(=O)COC/C=C\C[C@@H]1[C@@H](/C=C/[C@@H](O[Si](C)(C)C(C)(C)C)C2CCCCC2)[C@H](O[Si](C)(C)C(C)(C)C)C[C@H]1Cl. The van der Waals surface area contributed by atoms with Gasteiger partial charge in [0, 0.05) is 11.3 Å². The first-order valence-corrected chi connectivity index (χ1v) is 23.4. The molecule has 0 N–H and O–H groups in total. The second-order valence-corrected chi connectivity index (χ2v) is 27.4. The van der Waals surface area contributed by atoms with E-state index in [1.807, 2.05) is 26.8 Å². The topological polar surface area (TPSA) is 54.0 Å². The molecule has 0 amide bonds. The minimum atomic E-state index is -2.00. The van der Waals surface area contributed by atoms with Gasteiger partial charge in [-0.15, -0.1) is 11.6 Å². The maximum Gasteiger partial charge on any atom is 0.332 e. The summed E-state index contributed by atoms with van der Waals surface area (Å²) in [4.78, 5) is 12.0. The second-order valence-electron chi connectivity index (χ2n) is 17.3. The molecular formula is C36H67ClO5Si2. The van der Waals surface area contributed by atoms with E-state index in [0.717, 1.165) is 12.8 Å². The van der Waals surface area contributed by atoms with Gasteiger partial charge in [0.15, 0.2) is 16.6 Å². The summed E-state index contributed by atoms with van der Waals surface area (Å²) >= 11 is 7.14. The number of halogens is 1. The highest BCUT2D eigenvalue weighted by Gasteiger charge is 2.47. The van der Waals surface area contributed by atoms with Crippen LogP contribution in [0.1, 0.15) is 107 Å². The Labute approximate surface area is 278 Å². The number of carbonyl (C=O) groups is 1. The molecule has 0 aromatic carbocycles. The number of esters is 1. The van der Waals surface area contributed by atoms with Crippen molar-refractivity contribution in [1.29, 1.82) is 0 Å². The van der Waals surface area contributed by atoms with Gasteiger partial charge in [-0.3, -0.25) is 0 Å². The summed E-state index contributed by atoms with van der Waals surface area (Å²) in [6, 6.07) is 0. The van der Waals surface area contributed by atoms with Crippen molar-refractivity contribution >= 4 is 34.2 Å². The van der Waals surface area contributed by atoms with Crippen molar-refractivity contribution < 1.29 is 23.1 Å². The summed E-state index contributed by atoms with van der Waals surface area (Å²) in [5.41, 5.74) is -0.509. The monoisotopic (exact) mass is 670 g/mol. The molecule has 0 aliphatic heterocycles. The van der Waals surface area contributed by atoms with Crippen molar-refractivity contribution in [2.24, 2.45) is 17.8 Å². The Kier molecular flexibility index (Phi) is 14.5. The Morgan fingerprint density at radius 1 is 0.886 bits per heavy atom. The number of hydrogen-bond donors (Lipinski definition) is 0. The smallest absolute Gasteiger partial charge is 0.332 e. The zero-order valence-corrected chi connectivity index (χ0v) is 33.3. The van der Waals surface area contributed by atoms with Crippen molar-refractivity contribution in [3.63, 3.8) is 0 Å². The van der Waals surface area contributed by atoms with Crippen molar-refractivity contribution in [2.75, 3.05) is 13.2 Å². The lowest BCUT2D eigenvalue weighted by atomic mass is 9.84. The van der Waals surface area contributed by atoms with Crippen LogP contribution in [0.15, 0.2) is 24.3 Å². The van der Waals surface area contributed by atoms with Crippen LogP contribution in [-0.4, -0.2) is 59.0 Å². The molecule has 0 unspecified atom stereocenters. The lowest BCUT2D eigenvalue weighted by Crippen LogP contribution is -2.46. The van der Waals surface area contributed by atoms with Gasteiger partial charge < -0.3 is 18.3 Å². The largest absolute Gasteiger partial charge is 0.458 e. The van der Waals surface area contributed by atoms with Gasteiger partial charge in [-0.05, 0) is 94.6 Å². The van der Waals surface area contributed by atoms with Crippen LogP contribution in [-0.2, 0) is 23.1 Å². The van der Waals surface area contributed by atoms with Gasteiger partial charge >= 0.3 is 5.97 Å². The Bertz CT molecular complexity index is 951. The quantitative estimate of drug-likeness (QED) is 0.0641. The first kappa shape index (κ1) is 39.7. The molecule has 5 atom stereocenters. The summed E-state index contributed by atoms with van der Waals surface area (Å²) < 4.78 is 25.1. The number of rotatable bonds is 13. The van der Waals surface area contributed by atoms with E-state index >= 15 is 0 Å². The van der Waals surface area contributed by atoms with Crippen molar-refractivity contribution in [2.45, 2.75) is 167 Å². The minimum Gasteiger partial charge on any atom is -0.458 e. The highest BCUT2D eigenvalue weighted by atomic mass is 35.5. The van der Waals surface area contributed by atoms with Crippen LogP contribution in [0.3, 0.4) is 0 Å². The van der Waals surface area contributed by atoms with E-state index in [4.69, 9.17) is 29.9 Å². The van der Waals surface area contributed by atoms with E-state index in [1.165, 1.54) is 32.1 Å². The molecule has 0 bridgehead atoms. The third-order valence-corrected chi connectivity index (χ3v) is 19.9. The Hall–Kier alpha value is -0.446. The molecule has 5 nitrogen and oxygen atoms in total. The van der Waals surface area contributed by atoms with Crippen molar-refractivity contribution in [3.8, 4) is 0 Å². The third-order valence-electron chi connectivity index (χ3n) is 10.4. The van der Waals surface area contributed by atoms with Gasteiger partial charge in [0.1, 0.15) is 12.2 Å². The molecule has 2 aliphatic rings. The summed E-state index contributed by atoms with van der Waals surface area (Å²) in [6.07, 6.45) is 17.3. The van der Waals surface area contributed by atoms with Gasteiger partial charge in [0.05, 0.1) is 18.8 Å². The van der Waals surface area contributed by atoms with Crippen LogP contribution in [0.2, 0.25) is 36.3 Å². The van der Waals surface area contributed by atoms with Gasteiger partial charge in [0.25, 0.3) is 0 Å². The number of ether oxygens (including phenoxy) is 2. The number of hydrogen-bond acceptors (Lipinski definition) is 5.